The summed E-state index contributed by atoms with van der Waals surface area (Å²) in [5.41, 5.74) is 11.4. The molecule has 1 heterocycles. The number of anilines is 2. The Balaban J connectivity index is 1.86. The second-order valence-corrected chi connectivity index (χ2v) is 7.22. The summed E-state index contributed by atoms with van der Waals surface area (Å²) in [5.74, 6) is 0. The Bertz CT molecular complexity index is 742. The summed E-state index contributed by atoms with van der Waals surface area (Å²) in [4.78, 5) is 2.41. The highest BCUT2D eigenvalue weighted by atomic mass is 35.5. The van der Waals surface area contributed by atoms with Gasteiger partial charge in [-0.1, -0.05) is 29.3 Å². The van der Waals surface area contributed by atoms with Crippen molar-refractivity contribution >= 4 is 46.2 Å². The molecule has 0 bridgehead atoms. The van der Waals surface area contributed by atoms with Gasteiger partial charge < -0.3 is 10.6 Å². The normalized spacial score (nSPS) is 15.6. The van der Waals surface area contributed by atoms with Crippen LogP contribution in [-0.2, 0) is 0 Å². The summed E-state index contributed by atoms with van der Waals surface area (Å²) in [6, 6.07) is 11.9. The fourth-order valence-electron chi connectivity index (χ4n) is 3.14. The molecular formula is C20H22Cl2N2. The van der Waals surface area contributed by atoms with Gasteiger partial charge in [0.25, 0.3) is 0 Å². The van der Waals surface area contributed by atoms with E-state index in [-0.39, 0.29) is 0 Å². The topological polar surface area (TPSA) is 29.3 Å². The number of nitrogen functional groups attached to an aromatic ring is 1. The van der Waals surface area contributed by atoms with Gasteiger partial charge in [0.2, 0.25) is 0 Å². The van der Waals surface area contributed by atoms with Gasteiger partial charge in [0.15, 0.2) is 0 Å². The summed E-state index contributed by atoms with van der Waals surface area (Å²) in [7, 11) is 0. The molecule has 2 nitrogen and oxygen atoms in total. The summed E-state index contributed by atoms with van der Waals surface area (Å²) in [6.07, 6.45) is 5.93. The zero-order chi connectivity index (χ0) is 17.1. The first-order chi connectivity index (χ1) is 11.5. The van der Waals surface area contributed by atoms with Gasteiger partial charge in [-0.15, -0.1) is 0 Å². The lowest BCUT2D eigenvalue weighted by atomic mass is 10.0. The Labute approximate surface area is 153 Å². The zero-order valence-corrected chi connectivity index (χ0v) is 15.4. The molecular weight excluding hydrogens is 339 g/mol. The first kappa shape index (κ1) is 17.2. The highest BCUT2D eigenvalue weighted by Crippen LogP contribution is 2.29. The highest BCUT2D eigenvalue weighted by Gasteiger charge is 2.12. The molecule has 2 aromatic carbocycles. The van der Waals surface area contributed by atoms with E-state index in [1.807, 2.05) is 19.1 Å². The molecule has 0 saturated carbocycles. The lowest BCUT2D eigenvalue weighted by molar-refractivity contribution is 0.578. The van der Waals surface area contributed by atoms with Crippen molar-refractivity contribution in [2.75, 3.05) is 23.7 Å². The number of benzene rings is 2. The second kappa shape index (κ2) is 7.50. The Hall–Kier alpha value is -1.64. The molecule has 4 heteroatoms. The van der Waals surface area contributed by atoms with Gasteiger partial charge in [0, 0.05) is 34.5 Å². The molecule has 1 aliphatic heterocycles. The van der Waals surface area contributed by atoms with Crippen molar-refractivity contribution in [1.29, 1.82) is 0 Å². The lowest BCUT2D eigenvalue weighted by Gasteiger charge is -2.29. The molecule has 1 fully saturated rings. The number of allylic oxidation sites excluding steroid dienone is 1. The predicted molar refractivity (Wildman–Crippen MR) is 107 cm³/mol. The minimum Gasteiger partial charge on any atom is -0.398 e. The molecule has 1 saturated heterocycles. The maximum atomic E-state index is 6.29. The molecule has 3 rings (SSSR count). The summed E-state index contributed by atoms with van der Waals surface area (Å²) >= 11 is 12.2. The summed E-state index contributed by atoms with van der Waals surface area (Å²) < 4.78 is 0. The minimum absolute atomic E-state index is 0.638. The van der Waals surface area contributed by atoms with Crippen molar-refractivity contribution in [2.24, 2.45) is 0 Å². The third kappa shape index (κ3) is 4.06. The first-order valence-electron chi connectivity index (χ1n) is 8.32. The van der Waals surface area contributed by atoms with Crippen molar-refractivity contribution in [1.82, 2.24) is 0 Å². The monoisotopic (exact) mass is 360 g/mol. The molecule has 0 atom stereocenters. The fraction of sp³-hybridized carbons (Fsp3) is 0.300. The van der Waals surface area contributed by atoms with E-state index in [4.69, 9.17) is 28.9 Å². The fourth-order valence-corrected chi connectivity index (χ4v) is 3.67. The highest BCUT2D eigenvalue weighted by molar-refractivity contribution is 6.34. The predicted octanol–water partition coefficient (Wildman–Crippen LogP) is 6.13. The average Bonchev–Trinajstić information content (AvgIpc) is 2.56. The SMILES string of the molecule is C/C(=C\c1ccc(N2CCCCC2)cc1N)c1cc(Cl)cc(Cl)c1. The Kier molecular flexibility index (Phi) is 5.37. The third-order valence-corrected chi connectivity index (χ3v) is 4.92. The number of nitrogens with two attached hydrogens (primary N) is 1. The number of hydrogen-bond acceptors (Lipinski definition) is 2. The molecule has 0 aromatic heterocycles. The molecule has 0 radical (unpaired) electrons. The van der Waals surface area contributed by atoms with Crippen molar-refractivity contribution < 1.29 is 0 Å². The van der Waals surface area contributed by atoms with E-state index in [0.29, 0.717) is 10.0 Å². The Morgan fingerprint density at radius 3 is 2.29 bits per heavy atom. The number of halogens is 2. The van der Waals surface area contributed by atoms with Gasteiger partial charge in [0.05, 0.1) is 0 Å². The number of hydrogen-bond donors (Lipinski definition) is 1. The van der Waals surface area contributed by atoms with Crippen LogP contribution in [0.25, 0.3) is 11.6 Å². The van der Waals surface area contributed by atoms with E-state index >= 15 is 0 Å². The molecule has 0 aliphatic carbocycles. The maximum Gasteiger partial charge on any atom is 0.0426 e. The van der Waals surface area contributed by atoms with Crippen LogP contribution in [0.4, 0.5) is 11.4 Å². The van der Waals surface area contributed by atoms with Gasteiger partial charge in [-0.3, -0.25) is 0 Å². The van der Waals surface area contributed by atoms with E-state index in [2.05, 4.69) is 29.2 Å². The molecule has 0 unspecified atom stereocenters. The first-order valence-corrected chi connectivity index (χ1v) is 9.08. The van der Waals surface area contributed by atoms with Crippen LogP contribution in [0.1, 0.15) is 37.3 Å². The van der Waals surface area contributed by atoms with Crippen LogP contribution in [0.3, 0.4) is 0 Å². The summed E-state index contributed by atoms with van der Waals surface area (Å²) in [5, 5.41) is 1.28. The Morgan fingerprint density at radius 1 is 1.00 bits per heavy atom. The molecule has 2 aromatic rings. The standard InChI is InChI=1S/C20H22Cl2N2/c1-14(16-10-17(21)12-18(22)11-16)9-15-5-6-19(13-20(15)23)24-7-3-2-4-8-24/h5-6,9-13H,2-4,7-8,23H2,1H3/b14-9+. The van der Waals surface area contributed by atoms with Crippen LogP contribution < -0.4 is 10.6 Å². The van der Waals surface area contributed by atoms with Crippen LogP contribution in [0.15, 0.2) is 36.4 Å². The number of nitrogens with zero attached hydrogens (tertiary/aromatic N) is 1. The van der Waals surface area contributed by atoms with Crippen molar-refractivity contribution in [2.45, 2.75) is 26.2 Å². The number of piperidine rings is 1. The van der Waals surface area contributed by atoms with E-state index in [1.54, 1.807) is 6.07 Å². The van der Waals surface area contributed by atoms with Crippen LogP contribution in [0, 0.1) is 0 Å². The van der Waals surface area contributed by atoms with E-state index in [1.165, 1.54) is 24.9 Å². The van der Waals surface area contributed by atoms with Crippen LogP contribution in [-0.4, -0.2) is 13.1 Å². The minimum atomic E-state index is 0.638. The zero-order valence-electron chi connectivity index (χ0n) is 13.9. The molecule has 126 valence electrons. The van der Waals surface area contributed by atoms with Crippen molar-refractivity contribution in [3.8, 4) is 0 Å². The average molecular weight is 361 g/mol. The number of rotatable bonds is 3. The third-order valence-electron chi connectivity index (χ3n) is 4.48. The Morgan fingerprint density at radius 2 is 1.67 bits per heavy atom. The van der Waals surface area contributed by atoms with Crippen LogP contribution in [0.5, 0.6) is 0 Å². The molecule has 24 heavy (non-hydrogen) atoms. The molecule has 2 N–H and O–H groups in total. The van der Waals surface area contributed by atoms with E-state index in [9.17, 15) is 0 Å². The van der Waals surface area contributed by atoms with Crippen LogP contribution >= 0.6 is 23.2 Å². The second-order valence-electron chi connectivity index (χ2n) is 6.35. The van der Waals surface area contributed by atoms with Gasteiger partial charge in [0.1, 0.15) is 0 Å². The smallest absolute Gasteiger partial charge is 0.0426 e. The molecule has 0 spiro atoms. The summed E-state index contributed by atoms with van der Waals surface area (Å²) in [6.45, 7) is 4.28. The largest absolute Gasteiger partial charge is 0.398 e. The van der Waals surface area contributed by atoms with E-state index in [0.717, 1.165) is 35.5 Å². The molecule has 1 aliphatic rings. The van der Waals surface area contributed by atoms with E-state index < -0.39 is 0 Å². The maximum absolute atomic E-state index is 6.29. The van der Waals surface area contributed by atoms with Gasteiger partial charge in [-0.25, -0.2) is 0 Å². The van der Waals surface area contributed by atoms with Gasteiger partial charge in [-0.05, 0) is 79.3 Å². The van der Waals surface area contributed by atoms with Crippen molar-refractivity contribution in [3.63, 3.8) is 0 Å². The van der Waals surface area contributed by atoms with Crippen LogP contribution in [0.2, 0.25) is 10.0 Å². The van der Waals surface area contributed by atoms with Crippen molar-refractivity contribution in [3.05, 3.63) is 57.6 Å². The lowest BCUT2D eigenvalue weighted by Crippen LogP contribution is -2.29. The van der Waals surface area contributed by atoms with Gasteiger partial charge in [-0.2, -0.15) is 0 Å². The quantitative estimate of drug-likeness (QED) is 0.527. The molecule has 0 amide bonds. The van der Waals surface area contributed by atoms with Gasteiger partial charge >= 0.3 is 0 Å².